The topological polar surface area (TPSA) is 60.9 Å². The minimum atomic E-state index is -0.212. The summed E-state index contributed by atoms with van der Waals surface area (Å²) in [6, 6.07) is 11.4. The van der Waals surface area contributed by atoms with E-state index in [0.717, 1.165) is 21.4 Å². The van der Waals surface area contributed by atoms with Crippen LogP contribution in [0.3, 0.4) is 0 Å². The van der Waals surface area contributed by atoms with E-state index in [9.17, 15) is 4.79 Å². The number of hydrogen-bond acceptors (Lipinski definition) is 4. The molecular weight excluding hydrogens is 408 g/mol. The van der Waals surface area contributed by atoms with Gasteiger partial charge in [0.25, 0.3) is 5.56 Å². The Labute approximate surface area is 166 Å². The fourth-order valence-electron chi connectivity index (χ4n) is 2.84. The van der Waals surface area contributed by atoms with Crippen LogP contribution < -0.4 is 10.3 Å². The molecule has 0 saturated carbocycles. The fourth-order valence-corrected chi connectivity index (χ4v) is 3.36. The Kier molecular flexibility index (Phi) is 5.32. The van der Waals surface area contributed by atoms with Gasteiger partial charge in [0.1, 0.15) is 5.69 Å². The molecule has 0 aliphatic rings. The molecule has 0 aliphatic heterocycles. The summed E-state index contributed by atoms with van der Waals surface area (Å²) >= 11 is 3.42. The summed E-state index contributed by atoms with van der Waals surface area (Å²) in [5, 5.41) is 8.50. The Morgan fingerprint density at radius 3 is 2.44 bits per heavy atom. The van der Waals surface area contributed by atoms with Crippen LogP contribution in [-0.2, 0) is 7.05 Å². The third kappa shape index (κ3) is 3.47. The SMILES string of the molecule is COc1c(Br)cccc1N=Nc1c(C)n(C)n(-c2ccc(C)c(C)c2)c1=O. The van der Waals surface area contributed by atoms with Gasteiger partial charge in [-0.3, -0.25) is 9.48 Å². The first-order valence-corrected chi connectivity index (χ1v) is 9.25. The van der Waals surface area contributed by atoms with E-state index in [2.05, 4.69) is 26.2 Å². The number of azo groups is 1. The molecule has 3 aromatic rings. The molecule has 2 aromatic carbocycles. The zero-order chi connectivity index (χ0) is 19.7. The fraction of sp³-hybridized carbons (Fsp3) is 0.250. The number of nitrogens with zero attached hydrogens (tertiary/aromatic N) is 4. The highest BCUT2D eigenvalue weighted by molar-refractivity contribution is 9.10. The molecule has 0 aliphatic carbocycles. The summed E-state index contributed by atoms with van der Waals surface area (Å²) in [4.78, 5) is 13.0. The number of rotatable bonds is 4. The number of benzene rings is 2. The third-order valence-corrected chi connectivity index (χ3v) is 5.29. The minimum absolute atomic E-state index is 0.212. The average Bonchev–Trinajstić information content (AvgIpc) is 2.85. The van der Waals surface area contributed by atoms with Gasteiger partial charge in [0.15, 0.2) is 11.4 Å². The molecule has 7 heteroatoms. The third-order valence-electron chi connectivity index (χ3n) is 4.67. The van der Waals surface area contributed by atoms with Crippen LogP contribution in [-0.4, -0.2) is 16.5 Å². The van der Waals surface area contributed by atoms with Crippen molar-refractivity contribution in [2.75, 3.05) is 7.11 Å². The van der Waals surface area contributed by atoms with Crippen molar-refractivity contribution in [1.29, 1.82) is 0 Å². The van der Waals surface area contributed by atoms with E-state index in [0.29, 0.717) is 17.1 Å². The maximum atomic E-state index is 13.0. The van der Waals surface area contributed by atoms with E-state index in [1.54, 1.807) is 22.5 Å². The molecule has 1 heterocycles. The molecule has 0 radical (unpaired) electrons. The number of aryl methyl sites for hydroxylation is 2. The Bertz CT molecular complexity index is 1100. The predicted octanol–water partition coefficient (Wildman–Crippen LogP) is 5.29. The number of para-hydroxylation sites is 1. The highest BCUT2D eigenvalue weighted by Gasteiger charge is 2.17. The molecule has 140 valence electrons. The van der Waals surface area contributed by atoms with Crippen LogP contribution in [0.15, 0.2) is 55.9 Å². The van der Waals surface area contributed by atoms with Crippen LogP contribution in [0.5, 0.6) is 5.75 Å². The van der Waals surface area contributed by atoms with Gasteiger partial charge in [0, 0.05) is 7.05 Å². The van der Waals surface area contributed by atoms with Crippen LogP contribution >= 0.6 is 15.9 Å². The van der Waals surface area contributed by atoms with Gasteiger partial charge < -0.3 is 4.74 Å². The first-order chi connectivity index (χ1) is 12.8. The van der Waals surface area contributed by atoms with Crippen molar-refractivity contribution in [2.24, 2.45) is 17.3 Å². The summed E-state index contributed by atoms with van der Waals surface area (Å²) in [7, 11) is 3.41. The zero-order valence-corrected chi connectivity index (χ0v) is 17.5. The summed E-state index contributed by atoms with van der Waals surface area (Å²) in [5.41, 5.74) is 4.48. The number of aromatic nitrogens is 2. The van der Waals surface area contributed by atoms with Crippen LogP contribution in [0.25, 0.3) is 5.69 Å². The van der Waals surface area contributed by atoms with Gasteiger partial charge in [-0.2, -0.15) is 0 Å². The molecule has 0 amide bonds. The average molecular weight is 429 g/mol. The Balaban J connectivity index is 2.10. The minimum Gasteiger partial charge on any atom is -0.493 e. The second-order valence-corrected chi connectivity index (χ2v) is 7.19. The van der Waals surface area contributed by atoms with Gasteiger partial charge in [-0.05, 0) is 72.1 Å². The maximum absolute atomic E-state index is 13.0. The maximum Gasteiger partial charge on any atom is 0.299 e. The quantitative estimate of drug-likeness (QED) is 0.530. The van der Waals surface area contributed by atoms with Crippen molar-refractivity contribution in [1.82, 2.24) is 9.36 Å². The first kappa shape index (κ1) is 19.1. The second-order valence-electron chi connectivity index (χ2n) is 6.34. The van der Waals surface area contributed by atoms with E-state index in [-0.39, 0.29) is 5.56 Å². The number of ether oxygens (including phenoxy) is 1. The van der Waals surface area contributed by atoms with Crippen LogP contribution in [0.2, 0.25) is 0 Å². The van der Waals surface area contributed by atoms with Gasteiger partial charge >= 0.3 is 0 Å². The monoisotopic (exact) mass is 428 g/mol. The van der Waals surface area contributed by atoms with Crippen molar-refractivity contribution in [3.05, 3.63) is 68.0 Å². The van der Waals surface area contributed by atoms with Gasteiger partial charge in [-0.1, -0.05) is 12.1 Å². The Morgan fingerprint density at radius 2 is 1.78 bits per heavy atom. The smallest absolute Gasteiger partial charge is 0.299 e. The molecule has 27 heavy (non-hydrogen) atoms. The molecule has 0 bridgehead atoms. The highest BCUT2D eigenvalue weighted by Crippen LogP contribution is 2.35. The van der Waals surface area contributed by atoms with Crippen molar-refractivity contribution in [3.8, 4) is 11.4 Å². The molecule has 3 rings (SSSR count). The van der Waals surface area contributed by atoms with Gasteiger partial charge in [-0.15, -0.1) is 10.2 Å². The lowest BCUT2D eigenvalue weighted by Crippen LogP contribution is -2.19. The normalized spacial score (nSPS) is 11.3. The van der Waals surface area contributed by atoms with Gasteiger partial charge in [-0.25, -0.2) is 4.68 Å². The van der Waals surface area contributed by atoms with E-state index in [1.807, 2.05) is 58.2 Å². The number of hydrogen-bond donors (Lipinski definition) is 0. The number of halogens is 1. The van der Waals surface area contributed by atoms with Crippen molar-refractivity contribution < 1.29 is 4.74 Å². The Hall–Kier alpha value is -2.67. The molecule has 1 aromatic heterocycles. The lowest BCUT2D eigenvalue weighted by atomic mass is 10.1. The summed E-state index contributed by atoms with van der Waals surface area (Å²) in [6.07, 6.45) is 0. The summed E-state index contributed by atoms with van der Waals surface area (Å²) < 4.78 is 9.53. The standard InChI is InChI=1S/C20H21BrN4O2/c1-12-9-10-15(11-13(12)2)25-20(26)18(14(3)24(25)4)23-22-17-8-6-7-16(21)19(17)27-5/h6-11H,1-5H3. The summed E-state index contributed by atoms with van der Waals surface area (Å²) in [6.45, 7) is 5.93. The zero-order valence-electron chi connectivity index (χ0n) is 15.9. The van der Waals surface area contributed by atoms with E-state index in [1.165, 1.54) is 5.56 Å². The van der Waals surface area contributed by atoms with Crippen molar-refractivity contribution in [3.63, 3.8) is 0 Å². The summed E-state index contributed by atoms with van der Waals surface area (Å²) in [5.74, 6) is 0.573. The first-order valence-electron chi connectivity index (χ1n) is 8.45. The molecule has 0 unspecified atom stereocenters. The molecule has 0 N–H and O–H groups in total. The van der Waals surface area contributed by atoms with Crippen LogP contribution in [0.4, 0.5) is 11.4 Å². The predicted molar refractivity (Wildman–Crippen MR) is 110 cm³/mol. The van der Waals surface area contributed by atoms with Crippen LogP contribution in [0, 0.1) is 20.8 Å². The van der Waals surface area contributed by atoms with E-state index < -0.39 is 0 Å². The van der Waals surface area contributed by atoms with Crippen molar-refractivity contribution >= 4 is 27.3 Å². The molecule has 0 atom stereocenters. The van der Waals surface area contributed by atoms with Crippen LogP contribution in [0.1, 0.15) is 16.8 Å². The molecule has 0 saturated heterocycles. The van der Waals surface area contributed by atoms with E-state index >= 15 is 0 Å². The van der Waals surface area contributed by atoms with Gasteiger partial charge in [0.05, 0.1) is 23.0 Å². The highest BCUT2D eigenvalue weighted by atomic mass is 79.9. The lowest BCUT2D eigenvalue weighted by molar-refractivity contribution is 0.413. The second kappa shape index (κ2) is 7.52. The lowest BCUT2D eigenvalue weighted by Gasteiger charge is -2.10. The molecular formula is C20H21BrN4O2. The molecule has 0 spiro atoms. The van der Waals surface area contributed by atoms with E-state index in [4.69, 9.17) is 4.74 Å². The Morgan fingerprint density at radius 1 is 1.04 bits per heavy atom. The van der Waals surface area contributed by atoms with Gasteiger partial charge in [0.2, 0.25) is 0 Å². The molecule has 6 nitrogen and oxygen atoms in total. The van der Waals surface area contributed by atoms with Crippen molar-refractivity contribution in [2.45, 2.75) is 20.8 Å². The number of methoxy groups -OCH3 is 1. The molecule has 0 fully saturated rings. The largest absolute Gasteiger partial charge is 0.493 e.